The third kappa shape index (κ3) is 5.00. The van der Waals surface area contributed by atoms with Crippen LogP contribution in [0.25, 0.3) is 0 Å². The van der Waals surface area contributed by atoms with Gasteiger partial charge in [-0.15, -0.1) is 0 Å². The minimum atomic E-state index is -1.96. The lowest BCUT2D eigenvalue weighted by Gasteiger charge is -2.38. The molecule has 4 heteroatoms. The summed E-state index contributed by atoms with van der Waals surface area (Å²) >= 11 is 0. The Morgan fingerprint density at radius 2 is 1.67 bits per heavy atom. The third-order valence-corrected chi connectivity index (χ3v) is 7.14. The van der Waals surface area contributed by atoms with Crippen LogP contribution in [0.4, 0.5) is 0 Å². The Labute approximate surface area is 114 Å². The first-order chi connectivity index (χ1) is 8.50. The van der Waals surface area contributed by atoms with Crippen LogP contribution < -0.4 is 0 Å². The van der Waals surface area contributed by atoms with Gasteiger partial charge >= 0.3 is 8.56 Å². The minimum absolute atomic E-state index is 0.590. The molecule has 1 fully saturated rings. The molecule has 0 aromatic carbocycles. The molecule has 0 amide bonds. The van der Waals surface area contributed by atoms with E-state index in [1.54, 1.807) is 0 Å². The van der Waals surface area contributed by atoms with Crippen LogP contribution in [-0.2, 0) is 8.85 Å². The highest BCUT2D eigenvalue weighted by molar-refractivity contribution is 6.66. The molecule has 0 saturated carbocycles. The smallest absolute Gasteiger partial charge is 0.336 e. The number of piperidine rings is 1. The van der Waals surface area contributed by atoms with E-state index in [0.29, 0.717) is 6.04 Å². The van der Waals surface area contributed by atoms with E-state index in [9.17, 15) is 0 Å². The van der Waals surface area contributed by atoms with Gasteiger partial charge in [-0.25, -0.2) is 0 Å². The molecular formula is C14H31NO2Si. The van der Waals surface area contributed by atoms with Gasteiger partial charge in [0.15, 0.2) is 0 Å². The molecule has 1 atom stereocenters. The summed E-state index contributed by atoms with van der Waals surface area (Å²) in [5.41, 5.74) is 0. The lowest BCUT2D eigenvalue weighted by Crippen LogP contribution is -2.48. The molecule has 1 aliphatic heterocycles. The first-order valence-electron chi connectivity index (χ1n) is 7.52. The maximum atomic E-state index is 5.94. The molecule has 1 heterocycles. The molecule has 108 valence electrons. The topological polar surface area (TPSA) is 21.7 Å². The van der Waals surface area contributed by atoms with Crippen LogP contribution in [-0.4, -0.2) is 45.8 Å². The summed E-state index contributed by atoms with van der Waals surface area (Å²) in [5.74, 6) is 0.899. The van der Waals surface area contributed by atoms with Crippen molar-refractivity contribution in [3.05, 3.63) is 0 Å². The SMILES string of the molecule is CCO[Si](C)(CC(C)N1CCC(C)CC1)OCC. The first kappa shape index (κ1) is 16.2. The Balaban J connectivity index is 2.47. The summed E-state index contributed by atoms with van der Waals surface area (Å²) in [5, 5.41) is 0. The Morgan fingerprint density at radius 1 is 1.17 bits per heavy atom. The highest BCUT2D eigenvalue weighted by Crippen LogP contribution is 2.24. The lowest BCUT2D eigenvalue weighted by atomic mass is 9.98. The van der Waals surface area contributed by atoms with Crippen molar-refractivity contribution >= 4 is 8.56 Å². The fourth-order valence-electron chi connectivity index (χ4n) is 2.91. The number of hydrogen-bond acceptors (Lipinski definition) is 3. The molecule has 0 N–H and O–H groups in total. The normalized spacial score (nSPS) is 21.2. The van der Waals surface area contributed by atoms with Crippen molar-refractivity contribution in [2.75, 3.05) is 26.3 Å². The monoisotopic (exact) mass is 273 g/mol. The molecule has 3 nitrogen and oxygen atoms in total. The zero-order valence-electron chi connectivity index (χ0n) is 12.9. The standard InChI is InChI=1S/C14H31NO2Si/c1-6-16-18(5,17-7-2)12-14(4)15-10-8-13(3)9-11-15/h13-14H,6-12H2,1-5H3. The van der Waals surface area contributed by atoms with E-state index in [4.69, 9.17) is 8.85 Å². The summed E-state index contributed by atoms with van der Waals surface area (Å²) in [6.07, 6.45) is 2.68. The molecule has 1 unspecified atom stereocenters. The quantitative estimate of drug-likeness (QED) is 0.665. The van der Waals surface area contributed by atoms with Crippen LogP contribution in [0.15, 0.2) is 0 Å². The number of hydrogen-bond donors (Lipinski definition) is 0. The zero-order chi connectivity index (χ0) is 13.6. The van der Waals surface area contributed by atoms with E-state index in [1.807, 2.05) is 0 Å². The molecule has 0 aromatic rings. The van der Waals surface area contributed by atoms with Gasteiger partial charge in [-0.2, -0.15) is 0 Å². The highest BCUT2D eigenvalue weighted by Gasteiger charge is 2.35. The fourth-order valence-corrected chi connectivity index (χ4v) is 5.78. The van der Waals surface area contributed by atoms with E-state index >= 15 is 0 Å². The summed E-state index contributed by atoms with van der Waals surface area (Å²) in [7, 11) is -1.96. The summed E-state index contributed by atoms with van der Waals surface area (Å²) < 4.78 is 11.9. The largest absolute Gasteiger partial charge is 0.395 e. The average Bonchev–Trinajstić information content (AvgIpc) is 2.30. The third-order valence-electron chi connectivity index (χ3n) is 4.01. The van der Waals surface area contributed by atoms with E-state index < -0.39 is 8.56 Å². The van der Waals surface area contributed by atoms with Gasteiger partial charge in [0.1, 0.15) is 0 Å². The van der Waals surface area contributed by atoms with Crippen molar-refractivity contribution in [1.29, 1.82) is 0 Å². The second-order valence-corrected chi connectivity index (χ2v) is 9.02. The van der Waals surface area contributed by atoms with E-state index in [-0.39, 0.29) is 0 Å². The van der Waals surface area contributed by atoms with Gasteiger partial charge in [-0.1, -0.05) is 6.92 Å². The van der Waals surface area contributed by atoms with Gasteiger partial charge in [0.05, 0.1) is 0 Å². The van der Waals surface area contributed by atoms with Gasteiger partial charge in [-0.3, -0.25) is 0 Å². The van der Waals surface area contributed by atoms with Crippen LogP contribution >= 0.6 is 0 Å². The summed E-state index contributed by atoms with van der Waals surface area (Å²) in [6.45, 7) is 15.1. The number of nitrogens with zero attached hydrogens (tertiary/aromatic N) is 1. The number of rotatable bonds is 7. The van der Waals surface area contributed by atoms with Crippen LogP contribution in [0, 0.1) is 5.92 Å². The van der Waals surface area contributed by atoms with Crippen LogP contribution in [0.2, 0.25) is 12.6 Å². The van der Waals surface area contributed by atoms with Crippen molar-refractivity contribution in [1.82, 2.24) is 4.90 Å². The summed E-state index contributed by atoms with van der Waals surface area (Å²) in [6, 6.07) is 1.68. The van der Waals surface area contributed by atoms with E-state index in [1.165, 1.54) is 25.9 Å². The molecule has 0 aliphatic carbocycles. The second-order valence-electron chi connectivity index (χ2n) is 5.77. The molecule has 0 aromatic heterocycles. The van der Waals surface area contributed by atoms with Crippen molar-refractivity contribution in [2.45, 2.75) is 59.2 Å². The van der Waals surface area contributed by atoms with Crippen molar-refractivity contribution in [2.24, 2.45) is 5.92 Å². The molecular weight excluding hydrogens is 242 g/mol. The van der Waals surface area contributed by atoms with E-state index in [0.717, 1.165) is 25.2 Å². The van der Waals surface area contributed by atoms with Gasteiger partial charge in [-0.05, 0) is 59.2 Å². The van der Waals surface area contributed by atoms with Crippen molar-refractivity contribution in [3.63, 3.8) is 0 Å². The Kier molecular flexibility index (Phi) is 6.85. The Hall–Kier alpha value is 0.0969. The van der Waals surface area contributed by atoms with Crippen molar-refractivity contribution < 1.29 is 8.85 Å². The Morgan fingerprint density at radius 3 is 2.11 bits per heavy atom. The predicted octanol–water partition coefficient (Wildman–Crippen LogP) is 3.25. The van der Waals surface area contributed by atoms with Crippen LogP contribution in [0.1, 0.15) is 40.5 Å². The molecule has 0 radical (unpaired) electrons. The summed E-state index contributed by atoms with van der Waals surface area (Å²) in [4.78, 5) is 2.61. The van der Waals surface area contributed by atoms with Crippen LogP contribution in [0.3, 0.4) is 0 Å². The van der Waals surface area contributed by atoms with Gasteiger partial charge in [0, 0.05) is 25.3 Å². The maximum absolute atomic E-state index is 5.94. The fraction of sp³-hybridized carbons (Fsp3) is 1.00. The lowest BCUT2D eigenvalue weighted by molar-refractivity contribution is 0.135. The molecule has 1 saturated heterocycles. The average molecular weight is 273 g/mol. The predicted molar refractivity (Wildman–Crippen MR) is 79.1 cm³/mol. The zero-order valence-corrected chi connectivity index (χ0v) is 13.9. The van der Waals surface area contributed by atoms with Gasteiger partial charge in [0.2, 0.25) is 0 Å². The Bertz CT molecular complexity index is 224. The molecule has 1 aliphatic rings. The minimum Gasteiger partial charge on any atom is -0.395 e. The number of likely N-dealkylation sites (tertiary alicyclic amines) is 1. The van der Waals surface area contributed by atoms with Gasteiger partial charge < -0.3 is 13.8 Å². The van der Waals surface area contributed by atoms with Crippen LogP contribution in [0.5, 0.6) is 0 Å². The second kappa shape index (κ2) is 7.63. The molecule has 0 bridgehead atoms. The van der Waals surface area contributed by atoms with E-state index in [2.05, 4.69) is 39.1 Å². The maximum Gasteiger partial charge on any atom is 0.336 e. The molecule has 18 heavy (non-hydrogen) atoms. The van der Waals surface area contributed by atoms with Crippen molar-refractivity contribution in [3.8, 4) is 0 Å². The first-order valence-corrected chi connectivity index (χ1v) is 10.0. The molecule has 0 spiro atoms. The molecule has 1 rings (SSSR count). The van der Waals surface area contributed by atoms with Gasteiger partial charge in [0.25, 0.3) is 0 Å². The highest BCUT2D eigenvalue weighted by atomic mass is 28.4.